The van der Waals surface area contributed by atoms with Gasteiger partial charge in [-0.1, -0.05) is 18.2 Å². The molecule has 0 aromatic heterocycles. The fourth-order valence-electron chi connectivity index (χ4n) is 3.80. The summed E-state index contributed by atoms with van der Waals surface area (Å²) in [6, 6.07) is 5.56. The van der Waals surface area contributed by atoms with Gasteiger partial charge in [0.2, 0.25) is 11.8 Å². The minimum absolute atomic E-state index is 0.233. The van der Waals surface area contributed by atoms with E-state index in [2.05, 4.69) is 0 Å². The Morgan fingerprint density at radius 2 is 2.00 bits per heavy atom. The Bertz CT molecular complexity index is 725. The van der Waals surface area contributed by atoms with E-state index in [9.17, 15) is 14.7 Å². The minimum atomic E-state index is -1.03. The Labute approximate surface area is 128 Å². The summed E-state index contributed by atoms with van der Waals surface area (Å²) >= 11 is 0. The first-order valence-electron chi connectivity index (χ1n) is 7.41. The number of rotatable bonds is 2. The standard InChI is InChI=1S/C17H17NO4/c1-9-3-4-11(7-10(9)2)18-15(20)13-12-5-6-17(8-19,22-12)14(13)16(18)21/h3-7,12-14,19H,8H2,1-2H3/t12-,13+,14+,17-/m1/s1. The molecule has 2 saturated heterocycles. The maximum atomic E-state index is 12.8. The van der Waals surface area contributed by atoms with Gasteiger partial charge in [0.1, 0.15) is 5.60 Å². The van der Waals surface area contributed by atoms with Gasteiger partial charge in [-0.25, -0.2) is 4.90 Å². The second kappa shape index (κ2) is 4.27. The molecule has 0 saturated carbocycles. The van der Waals surface area contributed by atoms with E-state index < -0.39 is 23.5 Å². The molecular weight excluding hydrogens is 282 g/mol. The topological polar surface area (TPSA) is 66.8 Å². The van der Waals surface area contributed by atoms with Crippen LogP contribution in [0.5, 0.6) is 0 Å². The molecule has 5 heteroatoms. The summed E-state index contributed by atoms with van der Waals surface area (Å²) in [5.41, 5.74) is 1.71. The largest absolute Gasteiger partial charge is 0.393 e. The lowest BCUT2D eigenvalue weighted by Gasteiger charge is -2.26. The molecule has 3 aliphatic rings. The molecule has 1 aromatic carbocycles. The van der Waals surface area contributed by atoms with E-state index in [1.807, 2.05) is 26.0 Å². The third kappa shape index (κ3) is 1.50. The predicted octanol–water partition coefficient (Wildman–Crippen LogP) is 1.11. The summed E-state index contributed by atoms with van der Waals surface area (Å²) in [4.78, 5) is 26.8. The summed E-state index contributed by atoms with van der Waals surface area (Å²) in [6.45, 7) is 3.65. The molecule has 2 amide bonds. The van der Waals surface area contributed by atoms with Gasteiger partial charge in [0.25, 0.3) is 0 Å². The van der Waals surface area contributed by atoms with Crippen LogP contribution in [-0.4, -0.2) is 35.2 Å². The molecule has 3 heterocycles. The van der Waals surface area contributed by atoms with Crippen LogP contribution in [0, 0.1) is 25.7 Å². The Balaban J connectivity index is 1.77. The number of hydrogen-bond acceptors (Lipinski definition) is 4. The van der Waals surface area contributed by atoms with Crippen LogP contribution < -0.4 is 4.90 Å². The van der Waals surface area contributed by atoms with Crippen LogP contribution in [0.3, 0.4) is 0 Å². The van der Waals surface area contributed by atoms with Crippen LogP contribution >= 0.6 is 0 Å². The zero-order chi connectivity index (χ0) is 15.6. The van der Waals surface area contributed by atoms with Gasteiger partial charge in [-0.15, -0.1) is 0 Å². The Hall–Kier alpha value is -1.98. The van der Waals surface area contributed by atoms with Gasteiger partial charge in [-0.2, -0.15) is 0 Å². The molecule has 4 atom stereocenters. The number of carbonyl (C=O) groups excluding carboxylic acids is 2. The fourth-order valence-corrected chi connectivity index (χ4v) is 3.80. The molecule has 2 fully saturated rings. The van der Waals surface area contributed by atoms with Crippen molar-refractivity contribution >= 4 is 17.5 Å². The van der Waals surface area contributed by atoms with Crippen molar-refractivity contribution in [3.8, 4) is 0 Å². The SMILES string of the molecule is Cc1ccc(N2C(=O)[C@@H]3[C@@H](C2=O)[C@]2(CO)C=C[C@H]3O2)cc1C. The fraction of sp³-hybridized carbons (Fsp3) is 0.412. The van der Waals surface area contributed by atoms with Crippen LogP contribution in [-0.2, 0) is 14.3 Å². The van der Waals surface area contributed by atoms with Crippen molar-refractivity contribution < 1.29 is 19.4 Å². The van der Waals surface area contributed by atoms with E-state index in [1.165, 1.54) is 4.90 Å². The lowest BCUT2D eigenvalue weighted by molar-refractivity contribution is -0.128. The number of hydrogen-bond donors (Lipinski definition) is 1. The molecule has 5 nitrogen and oxygen atoms in total. The van der Waals surface area contributed by atoms with Crippen LogP contribution in [0.15, 0.2) is 30.4 Å². The van der Waals surface area contributed by atoms with Crippen LogP contribution in [0.25, 0.3) is 0 Å². The zero-order valence-electron chi connectivity index (χ0n) is 12.4. The molecule has 0 spiro atoms. The number of anilines is 1. The second-order valence-corrected chi connectivity index (χ2v) is 6.34. The van der Waals surface area contributed by atoms with Crippen molar-refractivity contribution in [1.82, 2.24) is 0 Å². The number of amides is 2. The summed E-state index contributed by atoms with van der Waals surface area (Å²) in [7, 11) is 0. The predicted molar refractivity (Wildman–Crippen MR) is 79.2 cm³/mol. The number of carbonyl (C=O) groups is 2. The summed E-state index contributed by atoms with van der Waals surface area (Å²) in [6.07, 6.45) is 3.10. The maximum Gasteiger partial charge on any atom is 0.241 e. The highest BCUT2D eigenvalue weighted by Gasteiger charge is 2.67. The summed E-state index contributed by atoms with van der Waals surface area (Å²) < 4.78 is 5.71. The smallest absolute Gasteiger partial charge is 0.241 e. The van der Waals surface area contributed by atoms with Crippen molar-refractivity contribution in [2.75, 3.05) is 11.5 Å². The average Bonchev–Trinajstić information content (AvgIpc) is 3.14. The van der Waals surface area contributed by atoms with Gasteiger partial charge < -0.3 is 9.84 Å². The molecular formula is C17H17NO4. The lowest BCUT2D eigenvalue weighted by atomic mass is 9.77. The van der Waals surface area contributed by atoms with Crippen LogP contribution in [0.1, 0.15) is 11.1 Å². The molecule has 2 bridgehead atoms. The lowest BCUT2D eigenvalue weighted by Crippen LogP contribution is -2.43. The van der Waals surface area contributed by atoms with E-state index in [-0.39, 0.29) is 18.4 Å². The Morgan fingerprint density at radius 3 is 2.68 bits per heavy atom. The first-order valence-corrected chi connectivity index (χ1v) is 7.41. The monoisotopic (exact) mass is 299 g/mol. The van der Waals surface area contributed by atoms with E-state index in [0.717, 1.165) is 11.1 Å². The quantitative estimate of drug-likeness (QED) is 0.656. The van der Waals surface area contributed by atoms with Gasteiger partial charge in [-0.05, 0) is 37.1 Å². The van der Waals surface area contributed by atoms with Gasteiger partial charge in [0.15, 0.2) is 0 Å². The highest BCUT2D eigenvalue weighted by molar-refractivity contribution is 6.23. The van der Waals surface area contributed by atoms with Crippen LogP contribution in [0.4, 0.5) is 5.69 Å². The third-order valence-electron chi connectivity index (χ3n) is 5.15. The second-order valence-electron chi connectivity index (χ2n) is 6.34. The minimum Gasteiger partial charge on any atom is -0.393 e. The molecule has 114 valence electrons. The van der Waals surface area contributed by atoms with Gasteiger partial charge in [0, 0.05) is 0 Å². The number of aliphatic hydroxyl groups is 1. The maximum absolute atomic E-state index is 12.8. The van der Waals surface area contributed by atoms with Crippen molar-refractivity contribution in [1.29, 1.82) is 0 Å². The van der Waals surface area contributed by atoms with Crippen molar-refractivity contribution in [2.24, 2.45) is 11.8 Å². The van der Waals surface area contributed by atoms with Gasteiger partial charge in [0.05, 0.1) is 30.2 Å². The van der Waals surface area contributed by atoms with E-state index in [1.54, 1.807) is 18.2 Å². The van der Waals surface area contributed by atoms with Gasteiger partial charge >= 0.3 is 0 Å². The average molecular weight is 299 g/mol. The number of imide groups is 1. The highest BCUT2D eigenvalue weighted by atomic mass is 16.5. The van der Waals surface area contributed by atoms with E-state index >= 15 is 0 Å². The summed E-state index contributed by atoms with van der Waals surface area (Å²) in [5, 5.41) is 9.67. The summed E-state index contributed by atoms with van der Waals surface area (Å²) in [5.74, 6) is -1.66. The number of ether oxygens (including phenoxy) is 1. The number of benzene rings is 1. The molecule has 1 N–H and O–H groups in total. The molecule has 0 radical (unpaired) electrons. The zero-order valence-corrected chi connectivity index (χ0v) is 12.4. The van der Waals surface area contributed by atoms with Crippen molar-refractivity contribution in [3.63, 3.8) is 0 Å². The number of aliphatic hydroxyl groups excluding tert-OH is 1. The van der Waals surface area contributed by atoms with E-state index in [4.69, 9.17) is 4.74 Å². The molecule has 0 unspecified atom stereocenters. The first kappa shape index (κ1) is 13.7. The Morgan fingerprint density at radius 1 is 1.23 bits per heavy atom. The van der Waals surface area contributed by atoms with Gasteiger partial charge in [-0.3, -0.25) is 9.59 Å². The van der Waals surface area contributed by atoms with E-state index in [0.29, 0.717) is 5.69 Å². The number of nitrogens with zero attached hydrogens (tertiary/aromatic N) is 1. The third-order valence-corrected chi connectivity index (χ3v) is 5.15. The number of aryl methyl sites for hydroxylation is 2. The molecule has 0 aliphatic carbocycles. The normalized spacial score (nSPS) is 35.6. The first-order chi connectivity index (χ1) is 10.5. The molecule has 3 aliphatic heterocycles. The Kier molecular flexibility index (Phi) is 2.65. The molecule has 1 aromatic rings. The van der Waals surface area contributed by atoms with Crippen LogP contribution in [0.2, 0.25) is 0 Å². The van der Waals surface area contributed by atoms with Crippen molar-refractivity contribution in [3.05, 3.63) is 41.5 Å². The highest BCUT2D eigenvalue weighted by Crippen LogP contribution is 2.52. The molecule has 22 heavy (non-hydrogen) atoms. The molecule has 4 rings (SSSR count). The van der Waals surface area contributed by atoms with Crippen molar-refractivity contribution in [2.45, 2.75) is 25.6 Å². The number of fused-ring (bicyclic) bond motifs is 5.